The van der Waals surface area contributed by atoms with Gasteiger partial charge < -0.3 is 19.5 Å². The van der Waals surface area contributed by atoms with Crippen molar-refractivity contribution in [1.82, 2.24) is 4.90 Å². The quantitative estimate of drug-likeness (QED) is 0.838. The maximum Gasteiger partial charge on any atom is 0.410 e. The molecule has 2 rings (SSSR count). The first-order valence-electron chi connectivity index (χ1n) is 7.00. The summed E-state index contributed by atoms with van der Waals surface area (Å²) in [6, 6.07) is 0. The van der Waals surface area contributed by atoms with Crippen LogP contribution in [0.5, 0.6) is 0 Å². The van der Waals surface area contributed by atoms with E-state index in [9.17, 15) is 9.59 Å². The summed E-state index contributed by atoms with van der Waals surface area (Å²) in [5.74, 6) is -0.839. The van der Waals surface area contributed by atoms with Crippen LogP contribution in [-0.4, -0.2) is 53.5 Å². The van der Waals surface area contributed by atoms with Crippen LogP contribution in [0, 0.1) is 5.41 Å². The molecule has 0 radical (unpaired) electrons. The average molecular weight is 285 g/mol. The first-order chi connectivity index (χ1) is 9.19. The van der Waals surface area contributed by atoms with Crippen LogP contribution in [0.3, 0.4) is 0 Å². The maximum absolute atomic E-state index is 12.0. The highest BCUT2D eigenvalue weighted by Crippen LogP contribution is 2.42. The van der Waals surface area contributed by atoms with E-state index >= 15 is 0 Å². The molecule has 0 bridgehead atoms. The standard InChI is InChI=1S/C14H23NO5/c1-13(2,3)20-12(18)15-5-4-14(8-15)7-10(19-9-14)6-11(16)17/h10H,4-9H2,1-3H3,(H,16,17)/t10-,14-/m0/s1. The minimum Gasteiger partial charge on any atom is -0.481 e. The Morgan fingerprint density at radius 1 is 1.45 bits per heavy atom. The monoisotopic (exact) mass is 285 g/mol. The van der Waals surface area contributed by atoms with Crippen molar-refractivity contribution in [1.29, 1.82) is 0 Å². The van der Waals surface area contributed by atoms with Crippen LogP contribution in [0.1, 0.15) is 40.0 Å². The Morgan fingerprint density at radius 3 is 2.75 bits per heavy atom. The number of amides is 1. The van der Waals surface area contributed by atoms with Gasteiger partial charge in [0.15, 0.2) is 0 Å². The highest BCUT2D eigenvalue weighted by atomic mass is 16.6. The fraction of sp³-hybridized carbons (Fsp3) is 0.857. The third-order valence-corrected chi connectivity index (χ3v) is 3.78. The topological polar surface area (TPSA) is 76.1 Å². The van der Waals surface area contributed by atoms with Crippen molar-refractivity contribution in [3.8, 4) is 0 Å². The molecule has 6 nitrogen and oxygen atoms in total. The van der Waals surface area contributed by atoms with E-state index in [0.717, 1.165) is 6.42 Å². The Labute approximate surface area is 119 Å². The van der Waals surface area contributed by atoms with Crippen molar-refractivity contribution in [3.05, 3.63) is 0 Å². The van der Waals surface area contributed by atoms with E-state index in [1.54, 1.807) is 4.90 Å². The number of hydrogen-bond donors (Lipinski definition) is 1. The number of carboxylic acids is 1. The average Bonchev–Trinajstić information content (AvgIpc) is 2.84. The van der Waals surface area contributed by atoms with Gasteiger partial charge in [-0.05, 0) is 33.6 Å². The summed E-state index contributed by atoms with van der Waals surface area (Å²) in [7, 11) is 0. The summed E-state index contributed by atoms with van der Waals surface area (Å²) < 4.78 is 10.9. The van der Waals surface area contributed by atoms with Gasteiger partial charge in [-0.1, -0.05) is 0 Å². The molecule has 2 fully saturated rings. The van der Waals surface area contributed by atoms with Crippen molar-refractivity contribution in [2.75, 3.05) is 19.7 Å². The molecular formula is C14H23NO5. The first kappa shape index (κ1) is 15.1. The Bertz CT molecular complexity index is 403. The molecule has 0 aromatic carbocycles. The molecule has 0 aromatic heterocycles. The number of aliphatic carboxylic acids is 1. The van der Waals surface area contributed by atoms with Crippen LogP contribution in [0.2, 0.25) is 0 Å². The van der Waals surface area contributed by atoms with Crippen LogP contribution < -0.4 is 0 Å². The number of rotatable bonds is 2. The number of ether oxygens (including phenoxy) is 2. The number of hydrogen-bond acceptors (Lipinski definition) is 4. The van der Waals surface area contributed by atoms with Gasteiger partial charge in [0.2, 0.25) is 0 Å². The number of carbonyl (C=O) groups is 2. The van der Waals surface area contributed by atoms with E-state index in [1.165, 1.54) is 0 Å². The van der Waals surface area contributed by atoms with Gasteiger partial charge >= 0.3 is 12.1 Å². The van der Waals surface area contributed by atoms with Gasteiger partial charge in [0.05, 0.1) is 19.1 Å². The minimum atomic E-state index is -0.839. The van der Waals surface area contributed by atoms with Gasteiger partial charge in [0, 0.05) is 18.5 Å². The molecular weight excluding hydrogens is 262 g/mol. The van der Waals surface area contributed by atoms with Gasteiger partial charge in [-0.25, -0.2) is 4.79 Å². The highest BCUT2D eigenvalue weighted by molar-refractivity contribution is 5.69. The molecule has 20 heavy (non-hydrogen) atoms. The molecule has 1 spiro atoms. The normalized spacial score (nSPS) is 29.9. The molecule has 2 atom stereocenters. The Morgan fingerprint density at radius 2 is 2.15 bits per heavy atom. The van der Waals surface area contributed by atoms with E-state index in [1.807, 2.05) is 20.8 Å². The lowest BCUT2D eigenvalue weighted by Gasteiger charge is -2.26. The summed E-state index contributed by atoms with van der Waals surface area (Å²) in [5, 5.41) is 8.81. The number of carbonyl (C=O) groups excluding carboxylic acids is 1. The lowest BCUT2D eigenvalue weighted by Crippen LogP contribution is -2.37. The summed E-state index contributed by atoms with van der Waals surface area (Å²) >= 11 is 0. The van der Waals surface area contributed by atoms with Gasteiger partial charge in [-0.3, -0.25) is 4.79 Å². The van der Waals surface area contributed by atoms with Gasteiger partial charge in [0.25, 0.3) is 0 Å². The fourth-order valence-electron chi connectivity index (χ4n) is 2.92. The van der Waals surface area contributed by atoms with E-state index in [0.29, 0.717) is 26.1 Å². The summed E-state index contributed by atoms with van der Waals surface area (Å²) in [6.07, 6.45) is 1.07. The van der Waals surface area contributed by atoms with E-state index in [2.05, 4.69) is 0 Å². The second-order valence-electron chi connectivity index (χ2n) is 6.89. The lowest BCUT2D eigenvalue weighted by molar-refractivity contribution is -0.139. The number of carboxylic acid groups (broad SMARTS) is 1. The van der Waals surface area contributed by atoms with E-state index in [-0.39, 0.29) is 24.0 Å². The van der Waals surface area contributed by atoms with Gasteiger partial charge in [0.1, 0.15) is 5.60 Å². The van der Waals surface area contributed by atoms with Crippen LogP contribution >= 0.6 is 0 Å². The third kappa shape index (κ3) is 3.62. The first-order valence-corrected chi connectivity index (χ1v) is 7.00. The second-order valence-corrected chi connectivity index (χ2v) is 6.89. The zero-order chi connectivity index (χ0) is 15.0. The fourth-order valence-corrected chi connectivity index (χ4v) is 2.92. The molecule has 1 amide bonds. The molecule has 0 aliphatic carbocycles. The molecule has 2 saturated heterocycles. The molecule has 114 valence electrons. The predicted molar refractivity (Wildman–Crippen MR) is 71.5 cm³/mol. The minimum absolute atomic E-state index is 0.0359. The van der Waals surface area contributed by atoms with Crippen molar-refractivity contribution in [3.63, 3.8) is 0 Å². The van der Waals surface area contributed by atoms with Gasteiger partial charge in [-0.15, -0.1) is 0 Å². The SMILES string of the molecule is CC(C)(C)OC(=O)N1CC[C@@]2(CO[C@@H](CC(=O)O)C2)C1. The zero-order valence-corrected chi connectivity index (χ0v) is 12.3. The molecule has 1 N–H and O–H groups in total. The van der Waals surface area contributed by atoms with Crippen LogP contribution in [-0.2, 0) is 14.3 Å². The zero-order valence-electron chi connectivity index (χ0n) is 12.3. The molecule has 0 unspecified atom stereocenters. The van der Waals surface area contributed by atoms with Crippen molar-refractivity contribution < 1.29 is 24.2 Å². The maximum atomic E-state index is 12.0. The van der Waals surface area contributed by atoms with E-state index in [4.69, 9.17) is 14.6 Å². The molecule has 0 aromatic rings. The third-order valence-electron chi connectivity index (χ3n) is 3.78. The molecule has 2 aliphatic rings. The van der Waals surface area contributed by atoms with E-state index < -0.39 is 11.6 Å². The molecule has 6 heteroatoms. The summed E-state index contributed by atoms with van der Waals surface area (Å²) in [5.41, 5.74) is -0.581. The predicted octanol–water partition coefficient (Wildman–Crippen LogP) is 1.88. The Balaban J connectivity index is 1.89. The molecule has 0 saturated carbocycles. The van der Waals surface area contributed by atoms with Gasteiger partial charge in [-0.2, -0.15) is 0 Å². The van der Waals surface area contributed by atoms with Crippen molar-refractivity contribution >= 4 is 12.1 Å². The van der Waals surface area contributed by atoms with Crippen LogP contribution in [0.25, 0.3) is 0 Å². The lowest BCUT2D eigenvalue weighted by atomic mass is 9.84. The molecule has 2 heterocycles. The largest absolute Gasteiger partial charge is 0.481 e. The Hall–Kier alpha value is -1.30. The molecule has 2 aliphatic heterocycles. The summed E-state index contributed by atoms with van der Waals surface area (Å²) in [6.45, 7) is 7.31. The number of likely N-dealkylation sites (tertiary alicyclic amines) is 1. The van der Waals surface area contributed by atoms with Crippen molar-refractivity contribution in [2.45, 2.75) is 51.7 Å². The van der Waals surface area contributed by atoms with Crippen LogP contribution in [0.4, 0.5) is 4.79 Å². The smallest absolute Gasteiger partial charge is 0.410 e. The number of nitrogens with zero attached hydrogens (tertiary/aromatic N) is 1. The highest BCUT2D eigenvalue weighted by Gasteiger charge is 2.47. The Kier molecular flexibility index (Phi) is 3.95. The second kappa shape index (κ2) is 5.24. The van der Waals surface area contributed by atoms with Crippen molar-refractivity contribution in [2.24, 2.45) is 5.41 Å². The summed E-state index contributed by atoms with van der Waals surface area (Å²) in [4.78, 5) is 24.5. The van der Waals surface area contributed by atoms with Crippen LogP contribution in [0.15, 0.2) is 0 Å².